The van der Waals surface area contributed by atoms with Gasteiger partial charge in [-0.05, 0) is 110 Å². The number of carbonyl (C=O) groups is 4. The van der Waals surface area contributed by atoms with Crippen LogP contribution in [0.4, 0.5) is 0 Å². The fourth-order valence-corrected chi connectivity index (χ4v) is 11.2. The molecule has 0 spiro atoms. The maximum atomic E-state index is 14.0. The number of hydrogen-bond acceptors (Lipinski definition) is 8. The second-order valence-electron chi connectivity index (χ2n) is 16.1. The van der Waals surface area contributed by atoms with Gasteiger partial charge in [-0.25, -0.2) is 9.59 Å². The van der Waals surface area contributed by atoms with Crippen molar-refractivity contribution in [1.82, 2.24) is 0 Å². The van der Waals surface area contributed by atoms with Crippen molar-refractivity contribution in [1.29, 1.82) is 0 Å². The Bertz CT molecular complexity index is 1600. The molecule has 4 aliphatic rings. The average Bonchev–Trinajstić information content (AvgIpc) is 3.49. The highest BCUT2D eigenvalue weighted by atomic mass is 16.6. The van der Waals surface area contributed by atoms with Crippen molar-refractivity contribution in [2.24, 2.45) is 46.3 Å². The Kier molecular flexibility index (Phi) is 10.8. The molecule has 0 heterocycles. The lowest BCUT2D eigenvalue weighted by molar-refractivity contribution is -0.218. The fraction of sp³-hybridized carbons (Fsp3) is 0.581. The van der Waals surface area contributed by atoms with E-state index in [0.717, 1.165) is 36.8 Å². The molecular formula is C43H54O8. The van der Waals surface area contributed by atoms with Crippen molar-refractivity contribution in [3.8, 4) is 11.1 Å². The summed E-state index contributed by atoms with van der Waals surface area (Å²) < 4.78 is 23.7. The van der Waals surface area contributed by atoms with Gasteiger partial charge in [0, 0.05) is 30.8 Å². The highest BCUT2D eigenvalue weighted by Gasteiger charge is 2.67. The Morgan fingerprint density at radius 1 is 0.882 bits per heavy atom. The molecule has 2 aromatic rings. The summed E-state index contributed by atoms with van der Waals surface area (Å²) in [5.41, 5.74) is 2.15. The van der Waals surface area contributed by atoms with Crippen LogP contribution in [0.25, 0.3) is 11.1 Å². The van der Waals surface area contributed by atoms with Gasteiger partial charge in [0.05, 0.1) is 12.7 Å². The van der Waals surface area contributed by atoms with Gasteiger partial charge in [-0.2, -0.15) is 0 Å². The molecule has 0 aromatic heterocycles. The smallest absolute Gasteiger partial charge is 0.338 e. The monoisotopic (exact) mass is 698 g/mol. The van der Waals surface area contributed by atoms with E-state index in [2.05, 4.69) is 27.4 Å². The van der Waals surface area contributed by atoms with Gasteiger partial charge in [0.15, 0.2) is 0 Å². The van der Waals surface area contributed by atoms with Crippen LogP contribution in [-0.4, -0.2) is 49.3 Å². The molecule has 0 bridgehead atoms. The fourth-order valence-electron chi connectivity index (χ4n) is 11.2. The minimum Gasteiger partial charge on any atom is -0.469 e. The van der Waals surface area contributed by atoms with E-state index in [1.165, 1.54) is 20.1 Å². The van der Waals surface area contributed by atoms with Crippen molar-refractivity contribution >= 4 is 23.9 Å². The number of ether oxygens (including phenoxy) is 4. The molecule has 0 N–H and O–H groups in total. The van der Waals surface area contributed by atoms with Crippen molar-refractivity contribution in [2.75, 3.05) is 7.11 Å². The Morgan fingerprint density at radius 3 is 2.25 bits per heavy atom. The zero-order chi connectivity index (χ0) is 36.5. The largest absolute Gasteiger partial charge is 0.469 e. The van der Waals surface area contributed by atoms with E-state index in [4.69, 9.17) is 18.9 Å². The number of methoxy groups -OCH3 is 1. The third-order valence-electron chi connectivity index (χ3n) is 13.7. The zero-order valence-electron chi connectivity index (χ0n) is 30.8. The number of hydrogen-bond donors (Lipinski definition) is 0. The summed E-state index contributed by atoms with van der Waals surface area (Å²) in [5, 5.41) is 0. The first-order valence-corrected chi connectivity index (χ1v) is 18.8. The van der Waals surface area contributed by atoms with Crippen LogP contribution in [0.3, 0.4) is 0 Å². The van der Waals surface area contributed by atoms with Gasteiger partial charge >= 0.3 is 23.9 Å². The Labute approximate surface area is 302 Å². The summed E-state index contributed by atoms with van der Waals surface area (Å²) in [7, 11) is 1.42. The van der Waals surface area contributed by atoms with Crippen molar-refractivity contribution < 1.29 is 38.1 Å². The van der Waals surface area contributed by atoms with E-state index < -0.39 is 5.97 Å². The second kappa shape index (κ2) is 15.0. The van der Waals surface area contributed by atoms with E-state index in [1.807, 2.05) is 54.6 Å². The van der Waals surface area contributed by atoms with Crippen molar-refractivity contribution in [3.63, 3.8) is 0 Å². The van der Waals surface area contributed by atoms with E-state index in [-0.39, 0.29) is 82.6 Å². The summed E-state index contributed by atoms with van der Waals surface area (Å²) in [6, 6.07) is 17.7. The predicted molar refractivity (Wildman–Crippen MR) is 193 cm³/mol. The van der Waals surface area contributed by atoms with Crippen LogP contribution in [0.1, 0.15) is 95.8 Å². The molecule has 4 fully saturated rings. The Morgan fingerprint density at radius 2 is 1.59 bits per heavy atom. The molecule has 51 heavy (non-hydrogen) atoms. The van der Waals surface area contributed by atoms with Gasteiger partial charge in [0.1, 0.15) is 18.3 Å². The molecule has 2 aromatic carbocycles. The highest BCUT2D eigenvalue weighted by molar-refractivity contribution is 5.90. The molecule has 8 nitrogen and oxygen atoms in total. The topological polar surface area (TPSA) is 105 Å². The third kappa shape index (κ3) is 7.12. The van der Waals surface area contributed by atoms with Crippen LogP contribution >= 0.6 is 0 Å². The molecule has 11 atom stereocenters. The average molecular weight is 699 g/mol. The lowest BCUT2D eigenvalue weighted by Crippen LogP contribution is -2.63. The first kappa shape index (κ1) is 36.8. The minimum absolute atomic E-state index is 0.0701. The summed E-state index contributed by atoms with van der Waals surface area (Å²) in [6.45, 7) is 11.9. The summed E-state index contributed by atoms with van der Waals surface area (Å²) >= 11 is 0. The van der Waals surface area contributed by atoms with Gasteiger partial charge in [-0.15, -0.1) is 0 Å². The molecule has 0 radical (unpaired) electrons. The number of carbonyl (C=O) groups excluding carboxylic acids is 4. The van der Waals surface area contributed by atoms with Crippen LogP contribution in [-0.2, 0) is 33.3 Å². The number of fused-ring (bicyclic) bond motifs is 5. The maximum absolute atomic E-state index is 14.0. The van der Waals surface area contributed by atoms with E-state index in [1.54, 1.807) is 0 Å². The normalized spacial score (nSPS) is 34.5. The minimum atomic E-state index is -0.416. The Balaban J connectivity index is 1.34. The van der Waals surface area contributed by atoms with Gasteiger partial charge < -0.3 is 18.9 Å². The van der Waals surface area contributed by atoms with Gasteiger partial charge in [0.25, 0.3) is 0 Å². The van der Waals surface area contributed by atoms with E-state index in [0.29, 0.717) is 37.7 Å². The van der Waals surface area contributed by atoms with Gasteiger partial charge in [-0.1, -0.05) is 69.8 Å². The SMILES string of the molecule is C=CC(=O)O[C@@H]1CC[C@@]2(C)[C@H](C1)C[C@@H](OC(=O)c1ccc(-c3ccccc3)cc1)[C@@H]1[C@@H]2C[C@H](OC(C)=O)[C@]2(C)[C@@H]([C@H](C)CCC(=O)OC)CC[C@@H]12. The molecule has 274 valence electrons. The molecular weight excluding hydrogens is 644 g/mol. The Hall–Kier alpha value is -3.94. The highest BCUT2D eigenvalue weighted by Crippen LogP contribution is 2.69. The summed E-state index contributed by atoms with van der Waals surface area (Å²) in [6.07, 6.45) is 6.93. The van der Waals surface area contributed by atoms with E-state index >= 15 is 0 Å². The van der Waals surface area contributed by atoms with Crippen molar-refractivity contribution in [3.05, 3.63) is 72.8 Å². The standard InChI is InChI=1S/C43H54O8/c1-7-38(45)50-32-21-22-42(4)31(23-32)24-36(51-41(47)30-16-14-29(15-17-30)28-11-9-8-10-12-28)40-34-19-18-33(26(2)13-20-39(46)48-6)43(34,5)37(25-35(40)42)49-27(3)44/h7-12,14-17,26,31-37,40H,1,13,18-25H2,2-6H3/t26-,31-,32-,33-,34+,35+,36-,37+,40+,42+,43-/m1/s1. The van der Waals surface area contributed by atoms with Gasteiger partial charge in [0.2, 0.25) is 0 Å². The molecule has 0 amide bonds. The first-order valence-electron chi connectivity index (χ1n) is 18.8. The van der Waals surface area contributed by atoms with Crippen LogP contribution < -0.4 is 0 Å². The predicted octanol–water partition coefficient (Wildman–Crippen LogP) is 8.38. The third-order valence-corrected chi connectivity index (χ3v) is 13.7. The van der Waals surface area contributed by atoms with Crippen LogP contribution in [0.15, 0.2) is 67.3 Å². The van der Waals surface area contributed by atoms with Gasteiger partial charge in [-0.3, -0.25) is 9.59 Å². The molecule has 8 heteroatoms. The number of rotatable bonds is 10. The second-order valence-corrected chi connectivity index (χ2v) is 16.1. The molecule has 0 unspecified atom stereocenters. The summed E-state index contributed by atoms with van der Waals surface area (Å²) in [4.78, 5) is 51.2. The lowest BCUT2D eigenvalue weighted by atomic mass is 9.43. The summed E-state index contributed by atoms with van der Waals surface area (Å²) in [5.74, 6) is -0.322. The maximum Gasteiger partial charge on any atom is 0.338 e. The first-order chi connectivity index (χ1) is 24.4. The van der Waals surface area contributed by atoms with Crippen molar-refractivity contribution in [2.45, 2.75) is 104 Å². The van der Waals surface area contributed by atoms with Crippen LogP contribution in [0.2, 0.25) is 0 Å². The van der Waals surface area contributed by atoms with E-state index in [9.17, 15) is 19.2 Å². The van der Waals surface area contributed by atoms with Crippen LogP contribution in [0.5, 0.6) is 0 Å². The molecule has 0 aliphatic heterocycles. The molecule has 0 saturated heterocycles. The lowest BCUT2D eigenvalue weighted by Gasteiger charge is -2.64. The zero-order valence-corrected chi connectivity index (χ0v) is 30.8. The molecule has 6 rings (SSSR count). The number of benzene rings is 2. The molecule has 4 aliphatic carbocycles. The quantitative estimate of drug-likeness (QED) is 0.139. The molecule has 4 saturated carbocycles. The number of esters is 4. The van der Waals surface area contributed by atoms with Crippen LogP contribution in [0, 0.1) is 46.3 Å².